The van der Waals surface area contributed by atoms with Gasteiger partial charge in [0.15, 0.2) is 5.69 Å². The summed E-state index contributed by atoms with van der Waals surface area (Å²) in [4.78, 5) is 30.1. The fourth-order valence-electron chi connectivity index (χ4n) is 5.52. The second-order valence-electron chi connectivity index (χ2n) is 11.7. The highest BCUT2D eigenvalue weighted by molar-refractivity contribution is 6.02. The molecule has 1 saturated carbocycles. The third-order valence-electron chi connectivity index (χ3n) is 6.91. The van der Waals surface area contributed by atoms with Gasteiger partial charge in [0.05, 0.1) is 16.8 Å². The van der Waals surface area contributed by atoms with Crippen LogP contribution >= 0.6 is 0 Å². The molecule has 216 valence electrons. The van der Waals surface area contributed by atoms with Crippen molar-refractivity contribution in [2.75, 3.05) is 11.9 Å². The van der Waals surface area contributed by atoms with Crippen molar-refractivity contribution in [2.45, 2.75) is 65.2 Å². The van der Waals surface area contributed by atoms with Gasteiger partial charge in [0.25, 0.3) is 11.5 Å². The van der Waals surface area contributed by atoms with Gasteiger partial charge in [-0.15, -0.1) is 10.2 Å². The van der Waals surface area contributed by atoms with Gasteiger partial charge >= 0.3 is 6.18 Å². The van der Waals surface area contributed by atoms with Crippen LogP contribution in [-0.2, 0) is 25.6 Å². The van der Waals surface area contributed by atoms with Crippen LogP contribution < -0.4 is 16.2 Å². The van der Waals surface area contributed by atoms with Crippen molar-refractivity contribution in [1.82, 2.24) is 29.6 Å². The van der Waals surface area contributed by atoms with E-state index in [9.17, 15) is 27.2 Å². The van der Waals surface area contributed by atoms with Gasteiger partial charge in [0.1, 0.15) is 24.5 Å². The predicted molar refractivity (Wildman–Crippen MR) is 140 cm³/mol. The first-order chi connectivity index (χ1) is 18.6. The number of rotatable bonds is 9. The van der Waals surface area contributed by atoms with Gasteiger partial charge in [-0.3, -0.25) is 9.59 Å². The van der Waals surface area contributed by atoms with Crippen LogP contribution in [0.25, 0.3) is 0 Å². The molecule has 1 aromatic carbocycles. The average Bonchev–Trinajstić information content (AvgIpc) is 3.25. The number of alkyl halides is 3. The second kappa shape index (κ2) is 10.8. The average molecular weight is 564 g/mol. The lowest BCUT2D eigenvalue weighted by Gasteiger charge is -2.52. The maximum Gasteiger partial charge on any atom is 0.406 e. The molecule has 0 spiro atoms. The van der Waals surface area contributed by atoms with E-state index in [1.807, 2.05) is 20.9 Å². The van der Waals surface area contributed by atoms with Crippen molar-refractivity contribution in [3.05, 3.63) is 69.7 Å². The minimum absolute atomic E-state index is 0.0126. The van der Waals surface area contributed by atoms with Gasteiger partial charge in [0, 0.05) is 19.8 Å². The first-order valence-corrected chi connectivity index (χ1v) is 12.9. The molecular weight excluding hydrogens is 530 g/mol. The molecule has 0 atom stereocenters. The number of aryl methyl sites for hydroxylation is 1. The second-order valence-corrected chi connectivity index (χ2v) is 11.7. The number of nitrogens with zero attached hydrogens (tertiary/aromatic N) is 5. The molecule has 2 aromatic heterocycles. The third-order valence-corrected chi connectivity index (χ3v) is 6.91. The summed E-state index contributed by atoms with van der Waals surface area (Å²) in [5.41, 5.74) is -2.04. The van der Waals surface area contributed by atoms with Crippen LogP contribution in [0.2, 0.25) is 0 Å². The smallest absolute Gasteiger partial charge is 0.320 e. The van der Waals surface area contributed by atoms with Crippen LogP contribution in [0.1, 0.15) is 68.1 Å². The number of hydrogen-bond acceptors (Lipinski definition) is 6. The molecule has 9 nitrogen and oxygen atoms in total. The molecule has 3 aromatic rings. The molecular formula is C27H33F4N7O2. The summed E-state index contributed by atoms with van der Waals surface area (Å²) in [6.07, 6.45) is -0.756. The topological polar surface area (TPSA) is 107 Å². The first-order valence-electron chi connectivity index (χ1n) is 12.9. The van der Waals surface area contributed by atoms with Crippen LogP contribution in [0.5, 0.6) is 0 Å². The van der Waals surface area contributed by atoms with Crippen LogP contribution in [0, 0.1) is 17.2 Å². The normalized spacial score (nSPS) is 16.1. The van der Waals surface area contributed by atoms with Crippen molar-refractivity contribution in [3.8, 4) is 0 Å². The van der Waals surface area contributed by atoms with Crippen LogP contribution in [-0.4, -0.2) is 42.9 Å². The lowest BCUT2D eigenvalue weighted by Crippen LogP contribution is -2.49. The lowest BCUT2D eigenvalue weighted by molar-refractivity contribution is -0.141. The van der Waals surface area contributed by atoms with Gasteiger partial charge in [-0.2, -0.15) is 13.2 Å². The Morgan fingerprint density at radius 3 is 2.48 bits per heavy atom. The molecule has 1 amide bonds. The fourth-order valence-corrected chi connectivity index (χ4v) is 5.52. The van der Waals surface area contributed by atoms with Gasteiger partial charge in [-0.1, -0.05) is 33.8 Å². The molecule has 0 unspecified atom stereocenters. The molecule has 40 heavy (non-hydrogen) atoms. The molecule has 0 aliphatic heterocycles. The van der Waals surface area contributed by atoms with Crippen LogP contribution in [0.15, 0.2) is 35.5 Å². The van der Waals surface area contributed by atoms with Crippen molar-refractivity contribution in [2.24, 2.45) is 18.4 Å². The van der Waals surface area contributed by atoms with E-state index in [4.69, 9.17) is 0 Å². The molecule has 2 N–H and O–H groups in total. The molecule has 1 aliphatic rings. The summed E-state index contributed by atoms with van der Waals surface area (Å²) in [6, 6.07) is 4.29. The number of carbonyl (C=O) groups is 1. The zero-order chi connectivity index (χ0) is 29.5. The van der Waals surface area contributed by atoms with E-state index in [-0.39, 0.29) is 29.3 Å². The summed E-state index contributed by atoms with van der Waals surface area (Å²) < 4.78 is 56.7. The third kappa shape index (κ3) is 6.24. The minimum atomic E-state index is -4.70. The van der Waals surface area contributed by atoms with E-state index in [1.165, 1.54) is 12.1 Å². The Balaban J connectivity index is 1.69. The van der Waals surface area contributed by atoms with Crippen molar-refractivity contribution >= 4 is 11.6 Å². The number of carbonyl (C=O) groups excluding carboxylic acids is 1. The Morgan fingerprint density at radius 2 is 1.90 bits per heavy atom. The zero-order valence-electron chi connectivity index (χ0n) is 23.1. The summed E-state index contributed by atoms with van der Waals surface area (Å²) in [5, 5.41) is 13.7. The largest absolute Gasteiger partial charge is 0.406 e. The fraction of sp³-hybridized carbons (Fsp3) is 0.519. The number of hydrogen-bond donors (Lipinski definition) is 2. The number of amides is 1. The number of aromatic nitrogens is 5. The molecule has 1 aliphatic carbocycles. The Bertz CT molecular complexity index is 1450. The minimum Gasteiger partial charge on any atom is -0.320 e. The van der Waals surface area contributed by atoms with E-state index >= 15 is 0 Å². The monoisotopic (exact) mass is 563 g/mol. The van der Waals surface area contributed by atoms with Crippen LogP contribution in [0.3, 0.4) is 0 Å². The lowest BCUT2D eigenvalue weighted by atomic mass is 9.51. The summed E-state index contributed by atoms with van der Waals surface area (Å²) in [6.45, 7) is 7.10. The van der Waals surface area contributed by atoms with E-state index in [2.05, 4.69) is 39.7 Å². The number of benzene rings is 1. The van der Waals surface area contributed by atoms with Gasteiger partial charge < -0.3 is 19.8 Å². The highest BCUT2D eigenvalue weighted by Gasteiger charge is 2.54. The predicted octanol–water partition coefficient (Wildman–Crippen LogP) is 4.18. The van der Waals surface area contributed by atoms with Gasteiger partial charge in [-0.25, -0.2) is 9.37 Å². The number of anilines is 1. The van der Waals surface area contributed by atoms with E-state index in [0.717, 1.165) is 6.20 Å². The molecule has 2 heterocycles. The molecule has 0 radical (unpaired) electrons. The van der Waals surface area contributed by atoms with E-state index < -0.39 is 41.1 Å². The molecule has 4 rings (SSSR count). The number of nitrogens with one attached hydrogen (secondary N) is 2. The highest BCUT2D eigenvalue weighted by Crippen LogP contribution is 2.58. The Kier molecular flexibility index (Phi) is 7.90. The quantitative estimate of drug-likeness (QED) is 0.379. The van der Waals surface area contributed by atoms with Gasteiger partial charge in [0.2, 0.25) is 0 Å². The van der Waals surface area contributed by atoms with E-state index in [1.54, 1.807) is 17.0 Å². The molecule has 0 saturated heterocycles. The zero-order valence-corrected chi connectivity index (χ0v) is 23.1. The maximum atomic E-state index is 14.9. The van der Waals surface area contributed by atoms with E-state index in [0.29, 0.717) is 35.3 Å². The Hall–Kier alpha value is -3.61. The Morgan fingerprint density at radius 1 is 1.20 bits per heavy atom. The Labute approximate surface area is 229 Å². The molecule has 1 fully saturated rings. The van der Waals surface area contributed by atoms with Crippen molar-refractivity contribution in [3.63, 3.8) is 0 Å². The first kappa shape index (κ1) is 29.4. The van der Waals surface area contributed by atoms with Gasteiger partial charge in [-0.05, 0) is 48.4 Å². The standard InChI is InChI=1S/C27H33F4N7O2/c1-16(2)9-32-10-18-11-38(14-27(29,30)31)23(40)21(34-18)22(39)35-20-8-17(6-7-19(20)28)26(12-25(3,4)13-26)24-36-33-15-37(24)5/h6-8,11,15-16,32H,9-10,12-14H2,1-5H3,(H,35,39). The molecule has 0 bridgehead atoms. The summed E-state index contributed by atoms with van der Waals surface area (Å²) >= 11 is 0. The molecule has 13 heteroatoms. The van der Waals surface area contributed by atoms with Crippen LogP contribution in [0.4, 0.5) is 23.2 Å². The van der Waals surface area contributed by atoms with Crippen molar-refractivity contribution < 1.29 is 22.4 Å². The highest BCUT2D eigenvalue weighted by atomic mass is 19.4. The van der Waals surface area contributed by atoms with Crippen molar-refractivity contribution in [1.29, 1.82) is 0 Å². The SMILES string of the molecule is CC(C)CNCc1cn(CC(F)(F)F)c(=O)c(C(=O)Nc2cc(C3(c4nncn4C)CC(C)(C)C3)ccc2F)n1. The number of halogens is 4. The maximum absolute atomic E-state index is 14.9. The summed E-state index contributed by atoms with van der Waals surface area (Å²) in [5.74, 6) is -0.933. The summed E-state index contributed by atoms with van der Waals surface area (Å²) in [7, 11) is 1.81.